The molecule has 0 bridgehead atoms. The summed E-state index contributed by atoms with van der Waals surface area (Å²) >= 11 is 0. The van der Waals surface area contributed by atoms with Crippen molar-refractivity contribution in [2.75, 3.05) is 20.2 Å². The van der Waals surface area contributed by atoms with Crippen LogP contribution < -0.4 is 10.6 Å². The minimum Gasteiger partial charge on any atom is -0.466 e. The summed E-state index contributed by atoms with van der Waals surface area (Å²) in [6.07, 6.45) is 1.05. The Kier molecular flexibility index (Phi) is 5.94. The Hall–Kier alpha value is -2.38. The molecular weight excluding hydrogens is 315 g/mol. The van der Waals surface area contributed by atoms with Gasteiger partial charge in [0.2, 0.25) is 0 Å². The molecule has 0 saturated heterocycles. The number of hydrogen-bond acceptors (Lipinski definition) is 4. The predicted octanol–water partition coefficient (Wildman–Crippen LogP) is 2.31. The van der Waals surface area contributed by atoms with E-state index in [-0.39, 0.29) is 18.9 Å². The third-order valence-corrected chi connectivity index (χ3v) is 3.62. The highest BCUT2D eigenvalue weighted by molar-refractivity contribution is 5.73. The first-order valence-electron chi connectivity index (χ1n) is 7.48. The number of methoxy groups -OCH3 is 1. The summed E-state index contributed by atoms with van der Waals surface area (Å²) < 4.78 is 23.4. The Morgan fingerprint density at radius 3 is 2.62 bits per heavy atom. The molecule has 7 heteroatoms. The van der Waals surface area contributed by atoms with Crippen LogP contribution in [-0.4, -0.2) is 31.3 Å². The number of halogens is 1. The normalized spacial score (nSPS) is 14.7. The van der Waals surface area contributed by atoms with Gasteiger partial charge in [-0.1, -0.05) is 12.1 Å². The lowest BCUT2D eigenvalue weighted by atomic mass is 10.0. The first-order valence-corrected chi connectivity index (χ1v) is 7.48. The van der Waals surface area contributed by atoms with E-state index in [1.807, 2.05) is 0 Å². The van der Waals surface area contributed by atoms with Crippen molar-refractivity contribution in [1.82, 2.24) is 10.6 Å². The van der Waals surface area contributed by atoms with Gasteiger partial charge < -0.3 is 24.9 Å². The standard InChI is InChI=1S/C17H21FN2O4/c1-17(22,15-4-3-9-24-15)11-20-16(21)19-10-14(23-2)12-5-7-13(18)8-6-12/h3-9,14,22H,10-11H2,1-2H3,(H2,19,20,21). The largest absolute Gasteiger partial charge is 0.466 e. The number of rotatable bonds is 7. The maximum Gasteiger partial charge on any atom is 0.315 e. The minimum atomic E-state index is -1.31. The molecule has 2 aromatic rings. The second kappa shape index (κ2) is 7.94. The molecule has 130 valence electrons. The van der Waals surface area contributed by atoms with Crippen molar-refractivity contribution in [2.24, 2.45) is 0 Å². The van der Waals surface area contributed by atoms with Gasteiger partial charge in [-0.2, -0.15) is 0 Å². The molecule has 6 nitrogen and oxygen atoms in total. The highest BCUT2D eigenvalue weighted by Gasteiger charge is 2.26. The molecule has 1 heterocycles. The van der Waals surface area contributed by atoms with E-state index >= 15 is 0 Å². The van der Waals surface area contributed by atoms with E-state index in [1.165, 1.54) is 25.5 Å². The average Bonchev–Trinajstić information content (AvgIpc) is 3.10. The monoisotopic (exact) mass is 336 g/mol. The minimum absolute atomic E-state index is 0.0133. The lowest BCUT2D eigenvalue weighted by Crippen LogP contribution is -2.44. The van der Waals surface area contributed by atoms with Crippen molar-refractivity contribution < 1.29 is 23.4 Å². The molecule has 0 radical (unpaired) electrons. The number of nitrogens with one attached hydrogen (secondary N) is 2. The van der Waals surface area contributed by atoms with Gasteiger partial charge in [0, 0.05) is 13.7 Å². The molecule has 1 aromatic carbocycles. The maximum atomic E-state index is 12.9. The van der Waals surface area contributed by atoms with E-state index in [0.717, 1.165) is 5.56 Å². The van der Waals surface area contributed by atoms with Gasteiger partial charge in [-0.05, 0) is 36.8 Å². The van der Waals surface area contributed by atoms with Crippen molar-refractivity contribution >= 4 is 6.03 Å². The molecule has 3 N–H and O–H groups in total. The molecule has 0 aliphatic heterocycles. The second-order valence-electron chi connectivity index (χ2n) is 5.59. The fourth-order valence-electron chi connectivity index (χ4n) is 2.19. The third-order valence-electron chi connectivity index (χ3n) is 3.62. The van der Waals surface area contributed by atoms with Crippen LogP contribution in [0.15, 0.2) is 47.1 Å². The van der Waals surface area contributed by atoms with Crippen molar-refractivity contribution in [1.29, 1.82) is 0 Å². The topological polar surface area (TPSA) is 83.7 Å². The van der Waals surface area contributed by atoms with Crippen LogP contribution in [0.2, 0.25) is 0 Å². The molecule has 1 aromatic heterocycles. The number of hydrogen-bond donors (Lipinski definition) is 3. The highest BCUT2D eigenvalue weighted by atomic mass is 19.1. The van der Waals surface area contributed by atoms with Crippen molar-refractivity contribution in [3.8, 4) is 0 Å². The van der Waals surface area contributed by atoms with Gasteiger partial charge in [-0.3, -0.25) is 0 Å². The van der Waals surface area contributed by atoms with Crippen LogP contribution in [0.25, 0.3) is 0 Å². The Balaban J connectivity index is 1.82. The van der Waals surface area contributed by atoms with Gasteiger partial charge in [0.15, 0.2) is 0 Å². The zero-order valence-corrected chi connectivity index (χ0v) is 13.6. The smallest absolute Gasteiger partial charge is 0.315 e. The van der Waals surface area contributed by atoms with E-state index in [1.54, 1.807) is 31.2 Å². The van der Waals surface area contributed by atoms with E-state index in [9.17, 15) is 14.3 Å². The zero-order chi connectivity index (χ0) is 17.6. The first kappa shape index (κ1) is 18.0. The van der Waals surface area contributed by atoms with Crippen LogP contribution in [0.4, 0.5) is 9.18 Å². The van der Waals surface area contributed by atoms with Crippen LogP contribution in [-0.2, 0) is 10.3 Å². The van der Waals surface area contributed by atoms with Gasteiger partial charge in [-0.25, -0.2) is 9.18 Å². The summed E-state index contributed by atoms with van der Waals surface area (Å²) in [5.41, 5.74) is -0.555. The summed E-state index contributed by atoms with van der Waals surface area (Å²) in [6, 6.07) is 8.72. The maximum absolute atomic E-state index is 12.9. The van der Waals surface area contributed by atoms with Crippen molar-refractivity contribution in [3.05, 3.63) is 59.8 Å². The zero-order valence-electron chi connectivity index (χ0n) is 13.6. The molecule has 0 aliphatic carbocycles. The number of furan rings is 1. The molecular formula is C17H21FN2O4. The predicted molar refractivity (Wildman–Crippen MR) is 85.8 cm³/mol. The fourth-order valence-corrected chi connectivity index (χ4v) is 2.19. The first-order chi connectivity index (χ1) is 11.4. The number of aliphatic hydroxyl groups is 1. The molecule has 2 amide bonds. The number of amides is 2. The average molecular weight is 336 g/mol. The van der Waals surface area contributed by atoms with E-state index in [4.69, 9.17) is 9.15 Å². The Bertz CT molecular complexity index is 641. The molecule has 2 unspecified atom stereocenters. The number of carbonyl (C=O) groups is 1. The quantitative estimate of drug-likeness (QED) is 0.724. The van der Waals surface area contributed by atoms with Gasteiger partial charge in [0.25, 0.3) is 0 Å². The fraction of sp³-hybridized carbons (Fsp3) is 0.353. The lowest BCUT2D eigenvalue weighted by Gasteiger charge is -2.22. The van der Waals surface area contributed by atoms with Crippen LogP contribution in [0, 0.1) is 5.82 Å². The number of ether oxygens (including phenoxy) is 1. The number of carbonyl (C=O) groups excluding carboxylic acids is 1. The number of benzene rings is 1. The van der Waals surface area contributed by atoms with E-state index in [2.05, 4.69) is 10.6 Å². The Labute approximate surface area is 139 Å². The molecule has 0 spiro atoms. The SMILES string of the molecule is COC(CNC(=O)NCC(C)(O)c1ccco1)c1ccc(F)cc1. The lowest BCUT2D eigenvalue weighted by molar-refractivity contribution is 0.0365. The van der Waals surface area contributed by atoms with Crippen LogP contribution in [0.1, 0.15) is 24.4 Å². The molecule has 0 aliphatic rings. The summed E-state index contributed by atoms with van der Waals surface area (Å²) in [4.78, 5) is 11.9. The molecule has 24 heavy (non-hydrogen) atoms. The van der Waals surface area contributed by atoms with Gasteiger partial charge in [0.05, 0.1) is 18.9 Å². The summed E-state index contributed by atoms with van der Waals surface area (Å²) in [5, 5.41) is 15.5. The Morgan fingerprint density at radius 1 is 1.33 bits per heavy atom. The number of urea groups is 1. The van der Waals surface area contributed by atoms with Gasteiger partial charge in [0.1, 0.15) is 17.2 Å². The van der Waals surface area contributed by atoms with Crippen LogP contribution in [0.3, 0.4) is 0 Å². The van der Waals surface area contributed by atoms with Crippen molar-refractivity contribution in [3.63, 3.8) is 0 Å². The van der Waals surface area contributed by atoms with E-state index < -0.39 is 17.7 Å². The highest BCUT2D eigenvalue weighted by Crippen LogP contribution is 2.20. The van der Waals surface area contributed by atoms with E-state index in [0.29, 0.717) is 5.76 Å². The molecule has 0 saturated carbocycles. The van der Waals surface area contributed by atoms with Gasteiger partial charge >= 0.3 is 6.03 Å². The summed E-state index contributed by atoms with van der Waals surface area (Å²) in [5.74, 6) is 0.0309. The van der Waals surface area contributed by atoms with Crippen molar-refractivity contribution in [2.45, 2.75) is 18.6 Å². The Morgan fingerprint density at radius 2 is 2.04 bits per heavy atom. The third kappa shape index (κ3) is 4.81. The molecule has 2 rings (SSSR count). The van der Waals surface area contributed by atoms with Crippen LogP contribution >= 0.6 is 0 Å². The summed E-state index contributed by atoms with van der Waals surface area (Å²) in [6.45, 7) is 1.74. The summed E-state index contributed by atoms with van der Waals surface area (Å²) in [7, 11) is 1.51. The molecule has 2 atom stereocenters. The van der Waals surface area contributed by atoms with Gasteiger partial charge in [-0.15, -0.1) is 0 Å². The molecule has 0 fully saturated rings. The van der Waals surface area contributed by atoms with Crippen LogP contribution in [0.5, 0.6) is 0 Å². The second-order valence-corrected chi connectivity index (χ2v) is 5.59.